The van der Waals surface area contributed by atoms with E-state index in [1.165, 1.54) is 4.68 Å². The molecule has 0 fully saturated rings. The number of hydrogen-bond donors (Lipinski definition) is 1. The standard InChI is InChI=1S/C25H19N5O3/c1-33-19-7-4-18(5-8-19)15-30-23-22(28-29-30)25(32)27-21-14-17(6-9-20(21)24(23)31)3-2-16-10-12-26-13-11-16/h2-14H,15H2,1H3,(H,27,32)/b3-2+. The first-order valence-corrected chi connectivity index (χ1v) is 10.3. The van der Waals surface area contributed by atoms with Crippen LogP contribution in [0.3, 0.4) is 0 Å². The van der Waals surface area contributed by atoms with Crippen LogP contribution >= 0.6 is 0 Å². The van der Waals surface area contributed by atoms with Gasteiger partial charge in [-0.15, -0.1) is 5.10 Å². The highest BCUT2D eigenvalue weighted by atomic mass is 16.5. The van der Waals surface area contributed by atoms with Crippen LogP contribution in [0.15, 0.2) is 76.6 Å². The molecule has 2 aromatic carbocycles. The minimum Gasteiger partial charge on any atom is -0.497 e. The second-order valence-electron chi connectivity index (χ2n) is 7.49. The number of rotatable bonds is 5. The van der Waals surface area contributed by atoms with Gasteiger partial charge in [-0.05, 0) is 53.1 Å². The maximum atomic E-state index is 13.4. The van der Waals surface area contributed by atoms with Gasteiger partial charge in [0.1, 0.15) is 11.3 Å². The average Bonchev–Trinajstić information content (AvgIpc) is 3.23. The minimum atomic E-state index is -0.464. The summed E-state index contributed by atoms with van der Waals surface area (Å²) in [4.78, 5) is 33.0. The van der Waals surface area contributed by atoms with Gasteiger partial charge in [0.2, 0.25) is 5.43 Å². The topological polar surface area (TPSA) is 103 Å². The van der Waals surface area contributed by atoms with Crippen molar-refractivity contribution < 1.29 is 4.74 Å². The molecule has 3 heterocycles. The van der Waals surface area contributed by atoms with E-state index in [2.05, 4.69) is 20.3 Å². The Kier molecular flexibility index (Phi) is 5.24. The zero-order valence-corrected chi connectivity index (χ0v) is 17.7. The van der Waals surface area contributed by atoms with E-state index < -0.39 is 5.56 Å². The largest absolute Gasteiger partial charge is 0.497 e. The summed E-state index contributed by atoms with van der Waals surface area (Å²) in [6.07, 6.45) is 7.28. The Labute approximate surface area is 187 Å². The summed E-state index contributed by atoms with van der Waals surface area (Å²) in [6.45, 7) is 0.299. The number of nitrogens with one attached hydrogen (secondary N) is 1. The highest BCUT2D eigenvalue weighted by Crippen LogP contribution is 2.16. The zero-order valence-electron chi connectivity index (χ0n) is 17.7. The summed E-state index contributed by atoms with van der Waals surface area (Å²) in [5.74, 6) is 0.731. The lowest BCUT2D eigenvalue weighted by Crippen LogP contribution is -2.10. The Morgan fingerprint density at radius 1 is 0.970 bits per heavy atom. The van der Waals surface area contributed by atoms with Crippen molar-refractivity contribution in [1.29, 1.82) is 0 Å². The number of methoxy groups -OCH3 is 1. The van der Waals surface area contributed by atoms with Crippen molar-refractivity contribution in [3.63, 3.8) is 0 Å². The Hall–Kier alpha value is -4.59. The van der Waals surface area contributed by atoms with Crippen LogP contribution in [0.5, 0.6) is 5.75 Å². The first-order chi connectivity index (χ1) is 16.1. The monoisotopic (exact) mass is 437 g/mol. The molecule has 5 rings (SSSR count). The van der Waals surface area contributed by atoms with Gasteiger partial charge in [0, 0.05) is 17.8 Å². The van der Waals surface area contributed by atoms with Gasteiger partial charge < -0.3 is 9.72 Å². The molecule has 0 bridgehead atoms. The van der Waals surface area contributed by atoms with Crippen molar-refractivity contribution in [2.24, 2.45) is 0 Å². The van der Waals surface area contributed by atoms with Gasteiger partial charge in [0.05, 0.1) is 19.2 Å². The van der Waals surface area contributed by atoms with Gasteiger partial charge in [-0.25, -0.2) is 4.68 Å². The number of ether oxygens (including phenoxy) is 1. The molecular weight excluding hydrogens is 418 g/mol. The number of H-pyrrole nitrogens is 1. The van der Waals surface area contributed by atoms with E-state index in [0.29, 0.717) is 17.4 Å². The fourth-order valence-electron chi connectivity index (χ4n) is 3.65. The van der Waals surface area contributed by atoms with Crippen molar-refractivity contribution in [2.45, 2.75) is 6.54 Å². The molecule has 3 aromatic heterocycles. The van der Waals surface area contributed by atoms with Crippen LogP contribution in [0.2, 0.25) is 0 Å². The van der Waals surface area contributed by atoms with Gasteiger partial charge in [-0.3, -0.25) is 14.6 Å². The highest BCUT2D eigenvalue weighted by Gasteiger charge is 2.14. The van der Waals surface area contributed by atoms with Crippen LogP contribution in [0, 0.1) is 0 Å². The second kappa shape index (κ2) is 8.51. The lowest BCUT2D eigenvalue weighted by atomic mass is 10.1. The molecule has 8 nitrogen and oxygen atoms in total. The zero-order chi connectivity index (χ0) is 22.8. The lowest BCUT2D eigenvalue weighted by molar-refractivity contribution is 0.414. The van der Waals surface area contributed by atoms with Crippen molar-refractivity contribution in [1.82, 2.24) is 25.0 Å². The van der Waals surface area contributed by atoms with Crippen LogP contribution in [0.25, 0.3) is 34.1 Å². The first-order valence-electron chi connectivity index (χ1n) is 10.3. The summed E-state index contributed by atoms with van der Waals surface area (Å²) < 4.78 is 6.65. The molecule has 0 amide bonds. The van der Waals surface area contributed by atoms with Crippen LogP contribution in [0.4, 0.5) is 0 Å². The number of fused-ring (bicyclic) bond motifs is 2. The van der Waals surface area contributed by atoms with Crippen molar-refractivity contribution >= 4 is 34.1 Å². The Bertz CT molecular complexity index is 1600. The molecule has 5 aromatic rings. The lowest BCUT2D eigenvalue weighted by Gasteiger charge is -2.04. The van der Waals surface area contributed by atoms with Gasteiger partial charge in [-0.1, -0.05) is 35.6 Å². The molecule has 162 valence electrons. The molecule has 0 unspecified atom stereocenters. The number of aromatic amines is 1. The molecular formula is C25H19N5O3. The van der Waals surface area contributed by atoms with Crippen LogP contribution < -0.4 is 15.7 Å². The van der Waals surface area contributed by atoms with Crippen molar-refractivity contribution in [2.75, 3.05) is 7.11 Å². The van der Waals surface area contributed by atoms with E-state index in [1.807, 2.05) is 54.6 Å². The van der Waals surface area contributed by atoms with E-state index in [1.54, 1.807) is 31.6 Å². The van der Waals surface area contributed by atoms with Gasteiger partial charge >= 0.3 is 0 Å². The SMILES string of the molecule is COc1ccc(Cn2nnc3c(=O)[nH]c4cc(/C=C/c5ccncc5)ccc4c(=O)c32)cc1. The number of aromatic nitrogens is 5. The molecule has 0 atom stereocenters. The summed E-state index contributed by atoms with van der Waals surface area (Å²) >= 11 is 0. The fourth-order valence-corrected chi connectivity index (χ4v) is 3.65. The Balaban J connectivity index is 1.60. The number of nitrogens with zero attached hydrogens (tertiary/aromatic N) is 4. The van der Waals surface area contributed by atoms with E-state index in [4.69, 9.17) is 4.74 Å². The van der Waals surface area contributed by atoms with Crippen molar-refractivity contribution in [3.05, 3.63) is 104 Å². The van der Waals surface area contributed by atoms with Crippen LogP contribution in [0.1, 0.15) is 16.7 Å². The number of hydrogen-bond acceptors (Lipinski definition) is 6. The van der Waals surface area contributed by atoms with Gasteiger partial charge in [0.25, 0.3) is 5.56 Å². The van der Waals surface area contributed by atoms with E-state index in [0.717, 1.165) is 22.4 Å². The molecule has 0 saturated carbocycles. The maximum Gasteiger partial charge on any atom is 0.278 e. The third-order valence-corrected chi connectivity index (χ3v) is 5.37. The first kappa shape index (κ1) is 20.3. The second-order valence-corrected chi connectivity index (χ2v) is 7.49. The van der Waals surface area contributed by atoms with Crippen LogP contribution in [-0.4, -0.2) is 32.1 Å². The summed E-state index contributed by atoms with van der Waals surface area (Å²) in [5, 5.41) is 8.45. The highest BCUT2D eigenvalue weighted by molar-refractivity contribution is 5.88. The molecule has 8 heteroatoms. The van der Waals surface area contributed by atoms with Crippen molar-refractivity contribution in [3.8, 4) is 5.75 Å². The maximum absolute atomic E-state index is 13.4. The van der Waals surface area contributed by atoms with Gasteiger partial charge in [-0.2, -0.15) is 0 Å². The molecule has 0 spiro atoms. The summed E-state index contributed by atoms with van der Waals surface area (Å²) in [7, 11) is 1.60. The van der Waals surface area contributed by atoms with Gasteiger partial charge in [0.15, 0.2) is 5.52 Å². The average molecular weight is 437 g/mol. The summed E-state index contributed by atoms with van der Waals surface area (Å²) in [6, 6.07) is 16.5. The molecule has 1 N–H and O–H groups in total. The summed E-state index contributed by atoms with van der Waals surface area (Å²) in [5.41, 5.74) is 2.59. The minimum absolute atomic E-state index is 0.0126. The molecule has 0 aliphatic carbocycles. The Morgan fingerprint density at radius 2 is 1.73 bits per heavy atom. The van der Waals surface area contributed by atoms with Crippen LogP contribution in [-0.2, 0) is 6.54 Å². The Morgan fingerprint density at radius 3 is 2.48 bits per heavy atom. The third-order valence-electron chi connectivity index (χ3n) is 5.37. The molecule has 0 aliphatic heterocycles. The molecule has 0 radical (unpaired) electrons. The molecule has 0 aliphatic rings. The molecule has 33 heavy (non-hydrogen) atoms. The smallest absolute Gasteiger partial charge is 0.278 e. The molecule has 0 saturated heterocycles. The predicted molar refractivity (Wildman–Crippen MR) is 127 cm³/mol. The van der Waals surface area contributed by atoms with E-state index in [-0.39, 0.29) is 16.5 Å². The fraction of sp³-hybridized carbons (Fsp3) is 0.0800. The van der Waals surface area contributed by atoms with E-state index in [9.17, 15) is 9.59 Å². The normalized spacial score (nSPS) is 11.4. The van der Waals surface area contributed by atoms with E-state index >= 15 is 0 Å². The quantitative estimate of drug-likeness (QED) is 0.453. The number of benzene rings is 2. The number of pyridine rings is 1. The third kappa shape index (κ3) is 4.01. The predicted octanol–water partition coefficient (Wildman–Crippen LogP) is 3.26.